The van der Waals surface area contributed by atoms with Crippen LogP contribution in [0.4, 0.5) is 0 Å². The molecule has 18 heavy (non-hydrogen) atoms. The van der Waals surface area contributed by atoms with Crippen LogP contribution in [0.15, 0.2) is 23.2 Å². The average Bonchev–Trinajstić information content (AvgIpc) is 2.56. The lowest BCUT2D eigenvalue weighted by atomic mass is 9.93. The molecule has 0 atom stereocenters. The zero-order valence-corrected chi connectivity index (χ0v) is 12.3. The predicted octanol–water partition coefficient (Wildman–Crippen LogP) is 2.87. The minimum atomic E-state index is -3.85. The van der Waals surface area contributed by atoms with E-state index in [2.05, 4.69) is 4.98 Å². The molecule has 0 aromatic carbocycles. The van der Waals surface area contributed by atoms with Gasteiger partial charge in [0.2, 0.25) is 0 Å². The molecule has 2 aromatic heterocycles. The highest BCUT2D eigenvalue weighted by molar-refractivity contribution is 8.13. The number of rotatable bonds is 1. The Morgan fingerprint density at radius 1 is 1.28 bits per heavy atom. The van der Waals surface area contributed by atoms with Gasteiger partial charge in [-0.2, -0.15) is 0 Å². The quantitative estimate of drug-likeness (QED) is 0.758. The summed E-state index contributed by atoms with van der Waals surface area (Å²) in [4.78, 5) is 4.41. The van der Waals surface area contributed by atoms with Crippen molar-refractivity contribution in [2.24, 2.45) is 0 Å². The summed E-state index contributed by atoms with van der Waals surface area (Å²) in [6.45, 7) is 7.56. The second-order valence-corrected chi connectivity index (χ2v) is 7.80. The Labute approximate surface area is 111 Å². The lowest BCUT2D eigenvalue weighted by Gasteiger charge is -2.16. The Kier molecular flexibility index (Phi) is 2.94. The van der Waals surface area contributed by atoms with E-state index >= 15 is 0 Å². The van der Waals surface area contributed by atoms with Crippen LogP contribution in [0.2, 0.25) is 0 Å². The van der Waals surface area contributed by atoms with Gasteiger partial charge in [-0.1, -0.05) is 26.8 Å². The molecule has 0 spiro atoms. The molecule has 0 radical (unpaired) electrons. The molecule has 6 heteroatoms. The molecular weight excluding hydrogens is 272 g/mol. The number of halogens is 1. The van der Waals surface area contributed by atoms with Gasteiger partial charge in [-0.3, -0.25) is 4.40 Å². The van der Waals surface area contributed by atoms with Gasteiger partial charge < -0.3 is 0 Å². The van der Waals surface area contributed by atoms with E-state index in [0.717, 1.165) is 5.69 Å². The SMILES string of the molecule is Cc1cccc2nc(C(C)(C)C)c(S(=O)(=O)Cl)n12. The van der Waals surface area contributed by atoms with Crippen molar-refractivity contribution in [2.45, 2.75) is 38.1 Å². The highest BCUT2D eigenvalue weighted by atomic mass is 35.7. The van der Waals surface area contributed by atoms with Gasteiger partial charge in [0.1, 0.15) is 5.65 Å². The second-order valence-electron chi connectivity index (χ2n) is 5.31. The maximum absolute atomic E-state index is 11.8. The maximum Gasteiger partial charge on any atom is 0.279 e. The monoisotopic (exact) mass is 286 g/mol. The van der Waals surface area contributed by atoms with E-state index < -0.39 is 14.5 Å². The zero-order valence-electron chi connectivity index (χ0n) is 10.7. The van der Waals surface area contributed by atoms with Crippen LogP contribution in [0, 0.1) is 6.92 Å². The minimum absolute atomic E-state index is 0.0739. The second kappa shape index (κ2) is 3.96. The first-order valence-corrected chi connectivity index (χ1v) is 7.86. The Morgan fingerprint density at radius 3 is 2.39 bits per heavy atom. The van der Waals surface area contributed by atoms with Gasteiger partial charge in [0, 0.05) is 21.8 Å². The highest BCUT2D eigenvalue weighted by Crippen LogP contribution is 2.31. The number of aromatic nitrogens is 2. The van der Waals surface area contributed by atoms with Gasteiger partial charge in [-0.05, 0) is 19.1 Å². The van der Waals surface area contributed by atoms with Crippen molar-refractivity contribution in [3.8, 4) is 0 Å². The smallest absolute Gasteiger partial charge is 0.279 e. The average molecular weight is 287 g/mol. The normalized spacial score (nSPS) is 13.2. The van der Waals surface area contributed by atoms with E-state index in [0.29, 0.717) is 11.3 Å². The Bertz CT molecular complexity index is 711. The summed E-state index contributed by atoms with van der Waals surface area (Å²) in [5, 5.41) is 0.0739. The summed E-state index contributed by atoms with van der Waals surface area (Å²) in [7, 11) is 1.72. The predicted molar refractivity (Wildman–Crippen MR) is 71.7 cm³/mol. The van der Waals surface area contributed by atoms with Crippen LogP contribution < -0.4 is 0 Å². The summed E-state index contributed by atoms with van der Waals surface area (Å²) in [6, 6.07) is 5.44. The van der Waals surface area contributed by atoms with Crippen molar-refractivity contribution in [1.29, 1.82) is 0 Å². The van der Waals surface area contributed by atoms with Gasteiger partial charge in [-0.15, -0.1) is 0 Å². The highest BCUT2D eigenvalue weighted by Gasteiger charge is 2.30. The summed E-state index contributed by atoms with van der Waals surface area (Å²) in [6.07, 6.45) is 0. The molecule has 98 valence electrons. The molecule has 0 fully saturated rings. The lowest BCUT2D eigenvalue weighted by Crippen LogP contribution is -2.16. The van der Waals surface area contributed by atoms with E-state index in [4.69, 9.17) is 10.7 Å². The van der Waals surface area contributed by atoms with E-state index in [1.54, 1.807) is 10.5 Å². The van der Waals surface area contributed by atoms with Gasteiger partial charge in [0.05, 0.1) is 5.69 Å². The third-order valence-electron chi connectivity index (χ3n) is 2.74. The van der Waals surface area contributed by atoms with Crippen LogP contribution in [0.1, 0.15) is 32.2 Å². The molecule has 0 aliphatic rings. The third-order valence-corrected chi connectivity index (χ3v) is 4.01. The largest absolute Gasteiger partial charge is 0.286 e. The first kappa shape index (κ1) is 13.4. The van der Waals surface area contributed by atoms with E-state index in [1.807, 2.05) is 39.8 Å². The number of hydrogen-bond donors (Lipinski definition) is 0. The number of imidazole rings is 1. The van der Waals surface area contributed by atoms with Crippen molar-refractivity contribution >= 4 is 25.4 Å². The van der Waals surface area contributed by atoms with Crippen molar-refractivity contribution in [3.05, 3.63) is 29.6 Å². The Morgan fingerprint density at radius 2 is 1.89 bits per heavy atom. The molecule has 0 aliphatic carbocycles. The maximum atomic E-state index is 11.8. The summed E-state index contributed by atoms with van der Waals surface area (Å²) in [5.74, 6) is 0. The van der Waals surface area contributed by atoms with E-state index in [1.165, 1.54) is 0 Å². The number of hydrogen-bond acceptors (Lipinski definition) is 3. The molecule has 2 rings (SSSR count). The van der Waals surface area contributed by atoms with Crippen molar-refractivity contribution in [2.75, 3.05) is 0 Å². The molecule has 0 amide bonds. The first-order valence-electron chi connectivity index (χ1n) is 5.55. The summed E-state index contributed by atoms with van der Waals surface area (Å²) in [5.41, 5.74) is 1.48. The molecule has 4 nitrogen and oxygen atoms in total. The van der Waals surface area contributed by atoms with Crippen LogP contribution in [0.25, 0.3) is 5.65 Å². The van der Waals surface area contributed by atoms with Crippen LogP contribution in [0.5, 0.6) is 0 Å². The molecule has 2 heterocycles. The topological polar surface area (TPSA) is 51.4 Å². The molecular formula is C12H15ClN2O2S. The number of aryl methyl sites for hydroxylation is 1. The summed E-state index contributed by atoms with van der Waals surface area (Å²) < 4.78 is 25.3. The Balaban J connectivity index is 3.02. The lowest BCUT2D eigenvalue weighted by molar-refractivity contribution is 0.546. The van der Waals surface area contributed by atoms with Crippen LogP contribution in [-0.4, -0.2) is 17.8 Å². The minimum Gasteiger partial charge on any atom is -0.286 e. The number of nitrogens with zero attached hydrogens (tertiary/aromatic N) is 2. The first-order chi connectivity index (χ1) is 8.12. The fourth-order valence-corrected chi connectivity index (χ4v) is 3.40. The fourth-order valence-electron chi connectivity index (χ4n) is 1.94. The number of pyridine rings is 1. The van der Waals surface area contributed by atoms with Crippen LogP contribution in [-0.2, 0) is 14.5 Å². The van der Waals surface area contributed by atoms with Crippen LogP contribution in [0.3, 0.4) is 0 Å². The molecule has 0 saturated carbocycles. The molecule has 0 bridgehead atoms. The Hall–Kier alpha value is -1.07. The molecule has 0 N–H and O–H groups in total. The third kappa shape index (κ3) is 2.12. The molecule has 0 aliphatic heterocycles. The van der Waals surface area contributed by atoms with Gasteiger partial charge in [-0.25, -0.2) is 13.4 Å². The van der Waals surface area contributed by atoms with Crippen molar-refractivity contribution in [3.63, 3.8) is 0 Å². The summed E-state index contributed by atoms with van der Waals surface area (Å²) >= 11 is 0. The van der Waals surface area contributed by atoms with Gasteiger partial charge in [0.25, 0.3) is 9.05 Å². The molecule has 2 aromatic rings. The van der Waals surface area contributed by atoms with Crippen molar-refractivity contribution in [1.82, 2.24) is 9.38 Å². The van der Waals surface area contributed by atoms with E-state index in [-0.39, 0.29) is 5.03 Å². The number of fused-ring (bicyclic) bond motifs is 1. The van der Waals surface area contributed by atoms with E-state index in [9.17, 15) is 8.42 Å². The fraction of sp³-hybridized carbons (Fsp3) is 0.417. The zero-order chi connectivity index (χ0) is 13.7. The van der Waals surface area contributed by atoms with Crippen LogP contribution >= 0.6 is 10.7 Å². The van der Waals surface area contributed by atoms with Gasteiger partial charge in [0.15, 0.2) is 5.03 Å². The molecule has 0 unspecified atom stereocenters. The van der Waals surface area contributed by atoms with Gasteiger partial charge >= 0.3 is 0 Å². The standard InChI is InChI=1S/C12H15ClN2O2S/c1-8-6-5-7-9-14-10(12(2,3)4)11(15(8)9)18(13,16)17/h5-7H,1-4H3. The van der Waals surface area contributed by atoms with Crippen molar-refractivity contribution < 1.29 is 8.42 Å². The molecule has 0 saturated heterocycles.